The largest absolute Gasteiger partial charge is 0.451 e. The van der Waals surface area contributed by atoms with Gasteiger partial charge in [-0.3, -0.25) is 28.5 Å². The fraction of sp³-hybridized carbons (Fsp3) is 0.594. The van der Waals surface area contributed by atoms with Crippen molar-refractivity contribution in [3.63, 3.8) is 0 Å². The van der Waals surface area contributed by atoms with Crippen molar-refractivity contribution in [3.05, 3.63) is 106 Å². The van der Waals surface area contributed by atoms with Crippen LogP contribution in [0.15, 0.2) is 60.7 Å². The van der Waals surface area contributed by atoms with Crippen LogP contribution in [-0.2, 0) is 110 Å². The van der Waals surface area contributed by atoms with Gasteiger partial charge in [-0.2, -0.15) is 10.2 Å². The van der Waals surface area contributed by atoms with Crippen LogP contribution in [0.1, 0.15) is 140 Å². The summed E-state index contributed by atoms with van der Waals surface area (Å²) >= 11 is 0. The van der Waals surface area contributed by atoms with E-state index >= 15 is 9.59 Å². The van der Waals surface area contributed by atoms with E-state index in [2.05, 4.69) is 10.2 Å². The first-order chi connectivity index (χ1) is 41.5. The third kappa shape index (κ3) is 19.2. The van der Waals surface area contributed by atoms with Gasteiger partial charge in [-0.05, 0) is 97.6 Å². The smallest absolute Gasteiger partial charge is 0.329 e. The predicted octanol–water partition coefficient (Wildman–Crippen LogP) is 4.12. The number of benzene rings is 2. The van der Waals surface area contributed by atoms with E-state index in [4.69, 9.17) is 18.9 Å². The average Bonchev–Trinajstić information content (AvgIpc) is 3.90. The first kappa shape index (κ1) is 71.2. The van der Waals surface area contributed by atoms with Crippen molar-refractivity contribution in [1.82, 2.24) is 39.2 Å². The Labute approximate surface area is 516 Å². The molecule has 0 aliphatic carbocycles. The number of cyclic esters (lactones) is 4. The Kier molecular flexibility index (Phi) is 26.4. The predicted molar refractivity (Wildman–Crippen MR) is 322 cm³/mol. The molecular formula is C64H92N8O16. The van der Waals surface area contributed by atoms with Gasteiger partial charge in [0.1, 0.15) is 24.2 Å². The number of nitrogens with zero attached hydrogens (tertiary/aromatic N) is 8. The number of likely N-dealkylation sites (N-methyl/N-ethyl adjacent to an activating group) is 4. The molecule has 88 heavy (non-hydrogen) atoms. The van der Waals surface area contributed by atoms with Crippen LogP contribution in [0.5, 0.6) is 0 Å². The lowest BCUT2D eigenvalue weighted by atomic mass is 9.99. The Morgan fingerprint density at radius 2 is 0.727 bits per heavy atom. The van der Waals surface area contributed by atoms with Crippen LogP contribution < -0.4 is 0 Å². The number of hydrogen-bond acceptors (Lipinski definition) is 18. The van der Waals surface area contributed by atoms with Gasteiger partial charge >= 0.3 is 23.9 Å². The second kappa shape index (κ2) is 32.6. The van der Waals surface area contributed by atoms with Crippen LogP contribution >= 0.6 is 0 Å². The zero-order valence-corrected chi connectivity index (χ0v) is 53.5. The van der Waals surface area contributed by atoms with Gasteiger partial charge in [-0.15, -0.1) is 0 Å². The molecule has 0 unspecified atom stereocenters. The molecule has 1 fully saturated rings. The Hall–Kier alpha value is -7.54. The van der Waals surface area contributed by atoms with Crippen LogP contribution in [0, 0.1) is 23.7 Å². The van der Waals surface area contributed by atoms with Crippen molar-refractivity contribution >= 4 is 47.5 Å². The van der Waals surface area contributed by atoms with Gasteiger partial charge in [0.05, 0.1) is 62.3 Å². The maximum atomic E-state index is 15.2. The molecule has 2 aromatic carbocycles. The summed E-state index contributed by atoms with van der Waals surface area (Å²) in [4.78, 5) is 123. The molecule has 1 aliphatic heterocycles. The molecule has 484 valence electrons. The maximum Gasteiger partial charge on any atom is 0.329 e. The molecule has 5 rings (SSSR count). The van der Waals surface area contributed by atoms with Gasteiger partial charge in [-0.1, -0.05) is 104 Å². The molecule has 1 aliphatic rings. The van der Waals surface area contributed by atoms with Gasteiger partial charge in [0, 0.05) is 41.0 Å². The number of carbonyl (C=O) groups excluding carboxylic acids is 8. The monoisotopic (exact) mass is 1230 g/mol. The molecule has 0 bridgehead atoms. The third-order valence-corrected chi connectivity index (χ3v) is 15.5. The molecular weight excluding hydrogens is 1140 g/mol. The molecule has 4 N–H and O–H groups in total. The minimum absolute atomic E-state index is 0.0258. The lowest BCUT2D eigenvalue weighted by Gasteiger charge is -2.35. The van der Waals surface area contributed by atoms with Crippen molar-refractivity contribution in [3.8, 4) is 0 Å². The summed E-state index contributed by atoms with van der Waals surface area (Å²) in [5.74, 6) is -8.10. The number of rotatable bonds is 20. The van der Waals surface area contributed by atoms with E-state index in [1.807, 2.05) is 55.4 Å². The van der Waals surface area contributed by atoms with Crippen LogP contribution in [0.2, 0.25) is 0 Å². The second-order valence-corrected chi connectivity index (χ2v) is 24.6. The molecule has 3 heterocycles. The summed E-state index contributed by atoms with van der Waals surface area (Å²) < 4.78 is 27.3. The van der Waals surface area contributed by atoms with E-state index in [9.17, 15) is 49.2 Å². The number of aliphatic hydroxyl groups is 4. The molecule has 24 nitrogen and oxygen atoms in total. The molecule has 4 aromatic rings. The van der Waals surface area contributed by atoms with Crippen molar-refractivity contribution in [2.75, 3.05) is 28.2 Å². The van der Waals surface area contributed by atoms with Crippen LogP contribution in [0.25, 0.3) is 0 Å². The second-order valence-electron chi connectivity index (χ2n) is 24.6. The van der Waals surface area contributed by atoms with Crippen molar-refractivity contribution in [2.24, 2.45) is 23.7 Å². The van der Waals surface area contributed by atoms with E-state index in [0.717, 1.165) is 25.2 Å². The average molecular weight is 1230 g/mol. The van der Waals surface area contributed by atoms with Crippen molar-refractivity contribution < 1.29 is 77.7 Å². The van der Waals surface area contributed by atoms with Crippen LogP contribution in [0.4, 0.5) is 0 Å². The molecule has 0 radical (unpaired) electrons. The Morgan fingerprint density at radius 1 is 0.409 bits per heavy atom. The number of carbonyl (C=O) groups is 8. The standard InChI is InChI=1S/C64H92N8O16/c1-37(2)22-51-61(81)85-42(10)58(78)68(12)54(25-40(7)8)64(84)88-56(28-45-16-15-17-46(26-45)32-72-50(36-76)30-48(34-74)66-72)60(80)70(14)52(23-38(3)4)62(82)86-41(9)57(77)67(11)53(24-39(5)6)63(83)87-55(59(79)69(51)13)27-43-18-20-44(21-19-43)31-71-49(35-75)29-47(33-73)65-71/h15-21,26,29-30,37-42,51-56,73-76H,22-25,27-28,31-36H2,1-14H3/t41-,42-,51+,52+,53+,54+,55-,56-/m1/s1. The highest BCUT2D eigenvalue weighted by molar-refractivity contribution is 5.94. The fourth-order valence-electron chi connectivity index (χ4n) is 10.6. The summed E-state index contributed by atoms with van der Waals surface area (Å²) in [6.07, 6.45) is -6.68. The quantitative estimate of drug-likeness (QED) is 0.0714. The summed E-state index contributed by atoms with van der Waals surface area (Å²) in [6.45, 7) is 16.2. The van der Waals surface area contributed by atoms with Crippen LogP contribution in [-0.4, -0.2) is 184 Å². The van der Waals surface area contributed by atoms with E-state index in [1.54, 1.807) is 65.3 Å². The number of ether oxygens (including phenoxy) is 4. The molecule has 0 spiro atoms. The summed E-state index contributed by atoms with van der Waals surface area (Å²) in [5.41, 5.74) is 4.09. The van der Waals surface area contributed by atoms with Crippen molar-refractivity contribution in [2.45, 2.75) is 196 Å². The lowest BCUT2D eigenvalue weighted by Crippen LogP contribution is -2.55. The fourth-order valence-corrected chi connectivity index (χ4v) is 10.6. The molecule has 0 saturated carbocycles. The summed E-state index contributed by atoms with van der Waals surface area (Å²) in [5, 5.41) is 48.1. The maximum absolute atomic E-state index is 15.2. The topological polar surface area (TPSA) is 303 Å². The number of hydrogen-bond donors (Lipinski definition) is 4. The van der Waals surface area contributed by atoms with E-state index < -0.39 is 96.1 Å². The van der Waals surface area contributed by atoms with Crippen molar-refractivity contribution in [1.29, 1.82) is 0 Å². The van der Waals surface area contributed by atoms with Gasteiger partial charge in [0.2, 0.25) is 0 Å². The Balaban J connectivity index is 1.60. The SMILES string of the molecule is CC(C)C[C@H]1C(=O)O[C@H](Cc2cccc(Cn3nc(CO)cc3CO)c2)C(=O)N(C)[C@@H](CC(C)C)C(=O)O[C@H](C)C(=O)N(C)[C@@H](CC(C)C)C(=O)O[C@H](Cc2ccc(Cn3nc(CO)cc3CO)cc2)C(=O)N(C)[C@@H](CC(C)C)C(=O)O[C@H](C)C(=O)N1C. The first-order valence-corrected chi connectivity index (χ1v) is 30.1. The zero-order chi connectivity index (χ0) is 65.4. The van der Waals surface area contributed by atoms with Gasteiger partial charge in [-0.25, -0.2) is 19.2 Å². The highest BCUT2D eigenvalue weighted by Gasteiger charge is 2.43. The zero-order valence-electron chi connectivity index (χ0n) is 53.5. The van der Waals surface area contributed by atoms with E-state index in [0.29, 0.717) is 39.5 Å². The van der Waals surface area contributed by atoms with Gasteiger partial charge in [0.15, 0.2) is 24.4 Å². The summed E-state index contributed by atoms with van der Waals surface area (Å²) in [6, 6.07) is 11.7. The van der Waals surface area contributed by atoms with Gasteiger partial charge < -0.3 is 59.0 Å². The molecule has 2 aromatic heterocycles. The Bertz CT molecular complexity index is 3010. The molecule has 24 heteroatoms. The minimum Gasteiger partial charge on any atom is -0.451 e. The van der Waals surface area contributed by atoms with Gasteiger partial charge in [0.25, 0.3) is 23.6 Å². The van der Waals surface area contributed by atoms with Crippen LogP contribution in [0.3, 0.4) is 0 Å². The third-order valence-electron chi connectivity index (χ3n) is 15.5. The molecule has 4 amide bonds. The number of aromatic nitrogens is 4. The minimum atomic E-state index is -1.64. The number of amides is 4. The number of aliphatic hydroxyl groups excluding tert-OH is 4. The Morgan fingerprint density at radius 3 is 1.08 bits per heavy atom. The number of esters is 4. The lowest BCUT2D eigenvalue weighted by molar-refractivity contribution is -0.176. The van der Waals surface area contributed by atoms with E-state index in [-0.39, 0.29) is 102 Å². The highest BCUT2D eigenvalue weighted by Crippen LogP contribution is 2.25. The summed E-state index contributed by atoms with van der Waals surface area (Å²) in [7, 11) is 5.41. The molecule has 1 saturated heterocycles. The normalized spacial score (nSPS) is 22.2. The molecule has 8 atom stereocenters. The highest BCUT2D eigenvalue weighted by atomic mass is 16.6. The van der Waals surface area contributed by atoms with E-state index in [1.165, 1.54) is 46.7 Å². The first-order valence-electron chi connectivity index (χ1n) is 30.1.